The first-order chi connectivity index (χ1) is 15.3. The van der Waals surface area contributed by atoms with Gasteiger partial charge in [-0.3, -0.25) is 14.5 Å². The number of halogens is 1. The Hall–Kier alpha value is -3.52. The molecule has 166 valence electrons. The van der Waals surface area contributed by atoms with Gasteiger partial charge in [-0.15, -0.1) is 0 Å². The second-order valence-corrected chi connectivity index (χ2v) is 8.07. The highest BCUT2D eigenvalue weighted by Gasteiger charge is 2.32. The predicted molar refractivity (Wildman–Crippen MR) is 116 cm³/mol. The highest BCUT2D eigenvalue weighted by atomic mass is 19.1. The lowest BCUT2D eigenvalue weighted by molar-refractivity contribution is -0.120. The average molecular weight is 438 g/mol. The van der Waals surface area contributed by atoms with Gasteiger partial charge in [-0.05, 0) is 60.5 Å². The Labute approximate surface area is 184 Å². The number of allylic oxidation sites excluding steroid dienone is 1. The number of carbonyl (C=O) groups is 3. The molecule has 3 N–H and O–H groups in total. The fraction of sp³-hybridized carbons (Fsp3) is 0.292. The molecule has 2 aliphatic rings. The van der Waals surface area contributed by atoms with Crippen LogP contribution in [0.1, 0.15) is 39.0 Å². The molecule has 0 radical (unpaired) electrons. The van der Waals surface area contributed by atoms with Gasteiger partial charge in [-0.2, -0.15) is 0 Å². The summed E-state index contributed by atoms with van der Waals surface area (Å²) >= 11 is 0. The van der Waals surface area contributed by atoms with E-state index < -0.39 is 29.1 Å². The summed E-state index contributed by atoms with van der Waals surface area (Å²) in [6, 6.07) is 6.89. The van der Waals surface area contributed by atoms with E-state index in [9.17, 15) is 29.0 Å². The quantitative estimate of drug-likeness (QED) is 0.571. The van der Waals surface area contributed by atoms with Crippen molar-refractivity contribution >= 4 is 29.0 Å². The summed E-state index contributed by atoms with van der Waals surface area (Å²) in [5, 5.41) is 22.8. The number of anilines is 1. The summed E-state index contributed by atoms with van der Waals surface area (Å²) < 4.78 is 14.0. The molecule has 2 aromatic rings. The van der Waals surface area contributed by atoms with Crippen LogP contribution in [-0.2, 0) is 29.0 Å². The molecule has 1 aliphatic carbocycles. The van der Waals surface area contributed by atoms with E-state index in [4.69, 9.17) is 0 Å². The number of ketones is 2. The molecule has 0 unspecified atom stereocenters. The normalized spacial score (nSPS) is 15.9. The molecule has 0 atom stereocenters. The molecule has 1 fully saturated rings. The van der Waals surface area contributed by atoms with Gasteiger partial charge in [0.05, 0.1) is 5.56 Å². The summed E-state index contributed by atoms with van der Waals surface area (Å²) in [6.45, 7) is 2.29. The highest BCUT2D eigenvalue weighted by molar-refractivity contribution is 6.27. The topological polar surface area (TPSA) is 107 Å². The maximum Gasteiger partial charge on any atom is 0.335 e. The number of Topliss-reactive ketones (excluding diaryl/α,β-unsaturated/α-hetero) is 2. The van der Waals surface area contributed by atoms with Crippen LogP contribution in [0.4, 0.5) is 10.1 Å². The Balaban J connectivity index is 1.69. The van der Waals surface area contributed by atoms with Crippen molar-refractivity contribution in [1.82, 2.24) is 4.90 Å². The van der Waals surface area contributed by atoms with Crippen molar-refractivity contribution in [3.8, 4) is 0 Å². The van der Waals surface area contributed by atoms with Crippen molar-refractivity contribution < 1.29 is 29.0 Å². The Bertz CT molecular complexity index is 1170. The number of hydrogen-bond donors (Lipinski definition) is 3. The first-order valence-electron chi connectivity index (χ1n) is 10.4. The minimum absolute atomic E-state index is 0.122. The van der Waals surface area contributed by atoms with Gasteiger partial charge in [0.25, 0.3) is 0 Å². The fourth-order valence-electron chi connectivity index (χ4n) is 4.19. The van der Waals surface area contributed by atoms with Gasteiger partial charge < -0.3 is 15.5 Å². The zero-order valence-corrected chi connectivity index (χ0v) is 17.6. The van der Waals surface area contributed by atoms with Gasteiger partial charge in [0.2, 0.25) is 0 Å². The van der Waals surface area contributed by atoms with Gasteiger partial charge >= 0.3 is 5.97 Å². The van der Waals surface area contributed by atoms with Crippen molar-refractivity contribution in [2.45, 2.75) is 25.8 Å². The van der Waals surface area contributed by atoms with E-state index in [1.807, 2.05) is 0 Å². The molecule has 0 aromatic heterocycles. The Morgan fingerprint density at radius 3 is 2.53 bits per heavy atom. The van der Waals surface area contributed by atoms with Crippen LogP contribution < -0.4 is 5.32 Å². The minimum atomic E-state index is -1.06. The molecule has 7 nitrogen and oxygen atoms in total. The van der Waals surface area contributed by atoms with Crippen LogP contribution in [0.3, 0.4) is 0 Å². The second-order valence-electron chi connectivity index (χ2n) is 8.07. The number of rotatable bonds is 7. The van der Waals surface area contributed by atoms with E-state index in [1.54, 1.807) is 19.2 Å². The third kappa shape index (κ3) is 4.01. The van der Waals surface area contributed by atoms with Crippen molar-refractivity contribution in [2.24, 2.45) is 0 Å². The molecule has 0 amide bonds. The first-order valence-corrected chi connectivity index (χ1v) is 10.4. The van der Waals surface area contributed by atoms with E-state index in [0.29, 0.717) is 28.9 Å². The average Bonchev–Trinajstić information content (AvgIpc) is 2.71. The lowest BCUT2D eigenvalue weighted by Gasteiger charge is -2.31. The number of benzene rings is 2. The first kappa shape index (κ1) is 21.7. The summed E-state index contributed by atoms with van der Waals surface area (Å²) in [5.41, 5.74) is 2.02. The number of carboxylic acid groups (broad SMARTS) is 1. The number of hydrogen-bond acceptors (Lipinski definition) is 6. The fourth-order valence-corrected chi connectivity index (χ4v) is 4.19. The largest absolute Gasteiger partial charge is 0.506 e. The second kappa shape index (κ2) is 8.55. The third-order valence-electron chi connectivity index (χ3n) is 6.02. The van der Waals surface area contributed by atoms with Crippen LogP contribution >= 0.6 is 0 Å². The molecule has 1 saturated heterocycles. The molecule has 4 rings (SSSR count). The van der Waals surface area contributed by atoms with Crippen molar-refractivity contribution in [3.05, 3.63) is 69.5 Å². The van der Waals surface area contributed by atoms with Gasteiger partial charge in [0.1, 0.15) is 17.1 Å². The smallest absolute Gasteiger partial charge is 0.335 e. The summed E-state index contributed by atoms with van der Waals surface area (Å²) in [4.78, 5) is 39.4. The molecule has 0 bridgehead atoms. The van der Waals surface area contributed by atoms with E-state index in [1.165, 1.54) is 12.1 Å². The number of carbonyl (C=O) groups excluding carboxylic acids is 2. The molecule has 0 spiro atoms. The monoisotopic (exact) mass is 438 g/mol. The molecular formula is C24H23FN2O5. The number of likely N-dealkylation sites (tertiary alicyclic amines) is 1. The minimum Gasteiger partial charge on any atom is -0.506 e. The maximum absolute atomic E-state index is 14.0. The van der Waals surface area contributed by atoms with E-state index in [-0.39, 0.29) is 29.5 Å². The van der Waals surface area contributed by atoms with E-state index in [2.05, 4.69) is 10.2 Å². The lowest BCUT2D eigenvalue weighted by atomic mass is 9.84. The Kier molecular flexibility index (Phi) is 5.80. The zero-order chi connectivity index (χ0) is 23.0. The molecule has 2 aromatic carbocycles. The molecule has 1 heterocycles. The van der Waals surface area contributed by atoms with E-state index in [0.717, 1.165) is 25.6 Å². The molecule has 32 heavy (non-hydrogen) atoms. The number of fused-ring (bicyclic) bond motifs is 1. The highest BCUT2D eigenvalue weighted by Crippen LogP contribution is 2.34. The molecular weight excluding hydrogens is 415 g/mol. The number of aromatic carboxylic acids is 1. The number of nitrogens with zero attached hydrogens (tertiary/aromatic N) is 1. The van der Waals surface area contributed by atoms with Gasteiger partial charge in [0, 0.05) is 37.7 Å². The molecule has 0 saturated carbocycles. The SMILES string of the molecule is CNc1cc(F)cc2c1CC(=O)C(C(=O)Cc1ccc(C(=O)O)cc1CN1CCC1)=C2O. The Morgan fingerprint density at radius 1 is 1.16 bits per heavy atom. The van der Waals surface area contributed by atoms with Crippen LogP contribution in [0.5, 0.6) is 0 Å². The summed E-state index contributed by atoms with van der Waals surface area (Å²) in [7, 11) is 1.58. The van der Waals surface area contributed by atoms with Gasteiger partial charge in [-0.1, -0.05) is 6.07 Å². The zero-order valence-electron chi connectivity index (χ0n) is 17.6. The van der Waals surface area contributed by atoms with Crippen molar-refractivity contribution in [3.63, 3.8) is 0 Å². The molecule has 8 heteroatoms. The van der Waals surface area contributed by atoms with Crippen LogP contribution in [0.15, 0.2) is 35.9 Å². The predicted octanol–water partition coefficient (Wildman–Crippen LogP) is 2.98. The van der Waals surface area contributed by atoms with Crippen molar-refractivity contribution in [2.75, 3.05) is 25.5 Å². The summed E-state index contributed by atoms with van der Waals surface area (Å²) in [5.74, 6) is -3.30. The number of aliphatic hydroxyl groups is 1. The van der Waals surface area contributed by atoms with Crippen molar-refractivity contribution in [1.29, 1.82) is 0 Å². The number of aliphatic hydroxyl groups excluding tert-OH is 1. The standard InChI is InChI=1S/C24H23FN2O5/c1-26-19-10-16(25)9-18-17(19)11-21(29)22(23(18)30)20(28)8-13-3-4-14(24(31)32)7-15(13)12-27-5-2-6-27/h3-4,7,9-10,26,30H,2,5-6,8,11-12H2,1H3,(H,31,32). The van der Waals surface area contributed by atoms with Gasteiger partial charge in [-0.25, -0.2) is 9.18 Å². The summed E-state index contributed by atoms with van der Waals surface area (Å²) in [6.07, 6.45) is 0.764. The number of carboxylic acids is 1. The van der Waals surface area contributed by atoms with Crippen LogP contribution in [-0.4, -0.2) is 52.8 Å². The Morgan fingerprint density at radius 2 is 1.91 bits per heavy atom. The van der Waals surface area contributed by atoms with Crippen LogP contribution in [0, 0.1) is 5.82 Å². The van der Waals surface area contributed by atoms with Crippen LogP contribution in [0.25, 0.3) is 5.76 Å². The van der Waals surface area contributed by atoms with E-state index >= 15 is 0 Å². The number of nitrogens with one attached hydrogen (secondary N) is 1. The lowest BCUT2D eigenvalue weighted by Crippen LogP contribution is -2.36. The third-order valence-corrected chi connectivity index (χ3v) is 6.02. The van der Waals surface area contributed by atoms with Gasteiger partial charge in [0.15, 0.2) is 11.6 Å². The molecule has 1 aliphatic heterocycles. The van der Waals surface area contributed by atoms with Crippen LogP contribution in [0.2, 0.25) is 0 Å². The maximum atomic E-state index is 14.0.